The van der Waals surface area contributed by atoms with Crippen molar-refractivity contribution in [3.63, 3.8) is 0 Å². The molecule has 1 aliphatic rings. The van der Waals surface area contributed by atoms with Crippen molar-refractivity contribution in [2.45, 2.75) is 58.3 Å². The van der Waals surface area contributed by atoms with Crippen LogP contribution in [-0.2, 0) is 15.6 Å². The predicted molar refractivity (Wildman–Crippen MR) is 121 cm³/mol. The van der Waals surface area contributed by atoms with Gasteiger partial charge in [-0.25, -0.2) is 4.79 Å². The first-order valence-electron chi connectivity index (χ1n) is 10.6. The van der Waals surface area contributed by atoms with Crippen molar-refractivity contribution >= 4 is 16.7 Å². The van der Waals surface area contributed by atoms with Gasteiger partial charge in [0.1, 0.15) is 0 Å². The Balaban J connectivity index is 1.75. The van der Waals surface area contributed by atoms with Gasteiger partial charge in [-0.2, -0.15) is 0 Å². The van der Waals surface area contributed by atoms with Crippen molar-refractivity contribution < 1.29 is 9.53 Å². The van der Waals surface area contributed by atoms with Crippen LogP contribution in [0.3, 0.4) is 0 Å². The van der Waals surface area contributed by atoms with Crippen molar-refractivity contribution in [3.05, 3.63) is 71.3 Å². The standard InChI is InChI=1S/C27H30O2/c1-6-29-25(28)22-10-9-18-15-19(7-8-20(18)16-22)21-11-12-23-24(17-21)27(4,5)14-13-26(23,2)3/h7-12,15-17H,6,13-14H2,1-5H3. The fraction of sp³-hybridized carbons (Fsp3) is 0.370. The van der Waals surface area contributed by atoms with E-state index in [0.717, 1.165) is 10.8 Å². The second kappa shape index (κ2) is 7.02. The molecule has 0 saturated carbocycles. The van der Waals surface area contributed by atoms with Gasteiger partial charge in [-0.1, -0.05) is 64.1 Å². The molecule has 0 saturated heterocycles. The van der Waals surface area contributed by atoms with Crippen LogP contribution in [0.15, 0.2) is 54.6 Å². The molecule has 29 heavy (non-hydrogen) atoms. The Labute approximate surface area is 173 Å². The minimum atomic E-state index is -0.266. The van der Waals surface area contributed by atoms with Gasteiger partial charge in [0, 0.05) is 0 Å². The third kappa shape index (κ3) is 3.57. The first kappa shape index (κ1) is 19.7. The highest BCUT2D eigenvalue weighted by molar-refractivity contribution is 5.96. The second-order valence-electron chi connectivity index (χ2n) is 9.53. The van der Waals surface area contributed by atoms with Crippen LogP contribution in [0.5, 0.6) is 0 Å². The Morgan fingerprint density at radius 3 is 2.10 bits per heavy atom. The molecule has 3 aromatic carbocycles. The van der Waals surface area contributed by atoms with E-state index in [9.17, 15) is 4.79 Å². The lowest BCUT2D eigenvalue weighted by Crippen LogP contribution is -2.33. The number of fused-ring (bicyclic) bond motifs is 2. The Kier molecular flexibility index (Phi) is 4.77. The summed E-state index contributed by atoms with van der Waals surface area (Å²) in [5, 5.41) is 2.19. The fourth-order valence-electron chi connectivity index (χ4n) is 4.53. The highest BCUT2D eigenvalue weighted by Crippen LogP contribution is 2.46. The molecule has 0 aliphatic heterocycles. The number of carbonyl (C=O) groups excluding carboxylic acids is 1. The molecule has 4 rings (SSSR count). The molecule has 3 aromatic rings. The van der Waals surface area contributed by atoms with Gasteiger partial charge < -0.3 is 4.74 Å². The van der Waals surface area contributed by atoms with Crippen LogP contribution >= 0.6 is 0 Å². The summed E-state index contributed by atoms with van der Waals surface area (Å²) in [4.78, 5) is 12.0. The van der Waals surface area contributed by atoms with Gasteiger partial charge in [-0.05, 0) is 81.8 Å². The predicted octanol–water partition coefficient (Wildman–Crippen LogP) is 7.03. The van der Waals surface area contributed by atoms with Crippen molar-refractivity contribution in [1.29, 1.82) is 0 Å². The smallest absolute Gasteiger partial charge is 0.338 e. The van der Waals surface area contributed by atoms with E-state index in [4.69, 9.17) is 4.74 Å². The monoisotopic (exact) mass is 386 g/mol. The highest BCUT2D eigenvalue weighted by atomic mass is 16.5. The van der Waals surface area contributed by atoms with Gasteiger partial charge in [-0.3, -0.25) is 0 Å². The van der Waals surface area contributed by atoms with Gasteiger partial charge in [-0.15, -0.1) is 0 Å². The molecular formula is C27H30O2. The topological polar surface area (TPSA) is 26.3 Å². The fourth-order valence-corrected chi connectivity index (χ4v) is 4.53. The molecule has 0 aromatic heterocycles. The molecule has 0 unspecified atom stereocenters. The lowest BCUT2D eigenvalue weighted by Gasteiger charge is -2.42. The van der Waals surface area contributed by atoms with Crippen LogP contribution in [0.4, 0.5) is 0 Å². The Morgan fingerprint density at radius 2 is 1.38 bits per heavy atom. The van der Waals surface area contributed by atoms with Gasteiger partial charge in [0.15, 0.2) is 0 Å². The maximum absolute atomic E-state index is 12.0. The quantitative estimate of drug-likeness (QED) is 0.452. The molecule has 0 atom stereocenters. The normalized spacial score (nSPS) is 17.0. The van der Waals surface area contributed by atoms with Crippen molar-refractivity contribution in [1.82, 2.24) is 0 Å². The molecule has 150 valence electrons. The number of hydrogen-bond acceptors (Lipinski definition) is 2. The summed E-state index contributed by atoms with van der Waals surface area (Å²) in [7, 11) is 0. The van der Waals surface area contributed by atoms with Crippen molar-refractivity contribution in [2.24, 2.45) is 0 Å². The molecule has 1 aliphatic carbocycles. The van der Waals surface area contributed by atoms with Gasteiger partial charge in [0.25, 0.3) is 0 Å². The first-order chi connectivity index (χ1) is 13.7. The highest BCUT2D eigenvalue weighted by Gasteiger charge is 2.36. The summed E-state index contributed by atoms with van der Waals surface area (Å²) in [5.41, 5.74) is 6.46. The third-order valence-corrected chi connectivity index (χ3v) is 6.54. The molecule has 2 nitrogen and oxygen atoms in total. The average molecular weight is 387 g/mol. The van der Waals surface area contributed by atoms with Gasteiger partial charge in [0.05, 0.1) is 12.2 Å². The average Bonchev–Trinajstić information content (AvgIpc) is 2.70. The maximum Gasteiger partial charge on any atom is 0.338 e. The number of ether oxygens (including phenoxy) is 1. The third-order valence-electron chi connectivity index (χ3n) is 6.54. The molecule has 2 heteroatoms. The minimum Gasteiger partial charge on any atom is -0.462 e. The van der Waals surface area contributed by atoms with E-state index >= 15 is 0 Å². The number of esters is 1. The second-order valence-corrected chi connectivity index (χ2v) is 9.53. The largest absolute Gasteiger partial charge is 0.462 e. The molecule has 0 fully saturated rings. The summed E-state index contributed by atoms with van der Waals surface area (Å²) in [5.74, 6) is -0.266. The van der Waals surface area contributed by atoms with E-state index in [2.05, 4.69) is 64.1 Å². The van der Waals surface area contributed by atoms with Crippen LogP contribution in [0.1, 0.15) is 68.9 Å². The molecule has 0 radical (unpaired) electrons. The lowest BCUT2D eigenvalue weighted by atomic mass is 9.63. The number of hydrogen-bond donors (Lipinski definition) is 0. The number of benzene rings is 3. The van der Waals surface area contributed by atoms with Crippen LogP contribution in [0, 0.1) is 0 Å². The maximum atomic E-state index is 12.0. The van der Waals surface area contributed by atoms with E-state index in [-0.39, 0.29) is 16.8 Å². The SMILES string of the molecule is CCOC(=O)c1ccc2cc(-c3ccc4c(c3)C(C)(C)CCC4(C)C)ccc2c1. The summed E-state index contributed by atoms with van der Waals surface area (Å²) < 4.78 is 5.12. The van der Waals surface area contributed by atoms with Crippen LogP contribution in [0.25, 0.3) is 21.9 Å². The molecule has 0 N–H and O–H groups in total. The molecule has 0 heterocycles. The Bertz CT molecular complexity index is 1090. The zero-order valence-corrected chi connectivity index (χ0v) is 18.1. The van der Waals surface area contributed by atoms with Crippen LogP contribution in [0.2, 0.25) is 0 Å². The molecular weight excluding hydrogens is 356 g/mol. The van der Waals surface area contributed by atoms with Gasteiger partial charge in [0.2, 0.25) is 0 Å². The lowest BCUT2D eigenvalue weighted by molar-refractivity contribution is 0.0526. The number of carbonyl (C=O) groups is 1. The zero-order chi connectivity index (χ0) is 20.8. The van der Waals surface area contributed by atoms with Crippen LogP contribution in [-0.4, -0.2) is 12.6 Å². The number of rotatable bonds is 3. The molecule has 0 bridgehead atoms. The minimum absolute atomic E-state index is 0.201. The zero-order valence-electron chi connectivity index (χ0n) is 18.1. The summed E-state index contributed by atoms with van der Waals surface area (Å²) in [6, 6.07) is 19.2. The van der Waals surface area contributed by atoms with E-state index in [1.165, 1.54) is 35.1 Å². The summed E-state index contributed by atoms with van der Waals surface area (Å²) in [6.45, 7) is 11.7. The van der Waals surface area contributed by atoms with E-state index in [0.29, 0.717) is 12.2 Å². The van der Waals surface area contributed by atoms with Crippen molar-refractivity contribution in [3.8, 4) is 11.1 Å². The van der Waals surface area contributed by atoms with Crippen molar-refractivity contribution in [2.75, 3.05) is 6.61 Å². The van der Waals surface area contributed by atoms with E-state index in [1.807, 2.05) is 25.1 Å². The van der Waals surface area contributed by atoms with E-state index in [1.54, 1.807) is 0 Å². The summed E-state index contributed by atoms with van der Waals surface area (Å²) in [6.07, 6.45) is 2.44. The van der Waals surface area contributed by atoms with Gasteiger partial charge >= 0.3 is 5.97 Å². The Hall–Kier alpha value is -2.61. The van der Waals surface area contributed by atoms with E-state index < -0.39 is 0 Å². The summed E-state index contributed by atoms with van der Waals surface area (Å²) >= 11 is 0. The first-order valence-corrected chi connectivity index (χ1v) is 10.6. The molecule has 0 spiro atoms. The Morgan fingerprint density at radius 1 is 0.793 bits per heavy atom. The molecule has 0 amide bonds. The van der Waals surface area contributed by atoms with Crippen LogP contribution < -0.4 is 0 Å².